The molecule has 0 aliphatic carbocycles. The Bertz CT molecular complexity index is 162. The highest BCUT2D eigenvalue weighted by Gasteiger charge is 2.35. The predicted molar refractivity (Wildman–Crippen MR) is 51.4 cm³/mol. The van der Waals surface area contributed by atoms with Crippen LogP contribution in [0.1, 0.15) is 0 Å². The molecular formula is C9H20N3O+. The van der Waals surface area contributed by atoms with Crippen LogP contribution >= 0.6 is 0 Å². The second-order valence-corrected chi connectivity index (χ2v) is 4.21. The Morgan fingerprint density at radius 2 is 1.92 bits per heavy atom. The minimum atomic E-state index is 0.371. The summed E-state index contributed by atoms with van der Waals surface area (Å²) >= 11 is 0. The van der Waals surface area contributed by atoms with Crippen molar-refractivity contribution < 1.29 is 9.22 Å². The van der Waals surface area contributed by atoms with Crippen molar-refractivity contribution in [2.45, 2.75) is 6.23 Å². The van der Waals surface area contributed by atoms with Crippen molar-refractivity contribution in [2.24, 2.45) is 0 Å². The fourth-order valence-corrected chi connectivity index (χ4v) is 2.15. The highest BCUT2D eigenvalue weighted by Crippen LogP contribution is 2.14. The molecule has 2 saturated heterocycles. The van der Waals surface area contributed by atoms with Gasteiger partial charge in [-0.3, -0.25) is 4.48 Å². The largest absolute Gasteiger partial charge is 0.327 e. The molecule has 0 radical (unpaired) electrons. The Hall–Kier alpha value is -0.160. The lowest BCUT2D eigenvalue weighted by atomic mass is 10.2. The number of nitrogens with one attached hydrogen (secondary N) is 2. The van der Waals surface area contributed by atoms with E-state index in [-0.39, 0.29) is 0 Å². The first kappa shape index (κ1) is 9.40. The molecule has 2 aliphatic heterocycles. The summed E-state index contributed by atoms with van der Waals surface area (Å²) in [5.41, 5.74) is 0. The molecule has 2 heterocycles. The highest BCUT2D eigenvalue weighted by molar-refractivity contribution is 4.64. The van der Waals surface area contributed by atoms with Gasteiger partial charge in [-0.15, -0.1) is 0 Å². The van der Waals surface area contributed by atoms with Crippen LogP contribution < -0.4 is 10.6 Å². The predicted octanol–water partition coefficient (Wildman–Crippen LogP) is -1.02. The third-order valence-corrected chi connectivity index (χ3v) is 3.20. The number of piperazine rings is 1. The van der Waals surface area contributed by atoms with Gasteiger partial charge in [-0.1, -0.05) is 0 Å². The van der Waals surface area contributed by atoms with Crippen molar-refractivity contribution in [3.8, 4) is 0 Å². The summed E-state index contributed by atoms with van der Waals surface area (Å²) in [6, 6.07) is 0. The lowest BCUT2D eigenvalue weighted by molar-refractivity contribution is -0.955. The minimum absolute atomic E-state index is 0.371. The average molecular weight is 186 g/mol. The molecule has 0 saturated carbocycles. The molecule has 0 aromatic heterocycles. The quantitative estimate of drug-likeness (QED) is 0.514. The second-order valence-electron chi connectivity index (χ2n) is 4.21. The van der Waals surface area contributed by atoms with Crippen LogP contribution in [0.15, 0.2) is 0 Å². The lowest BCUT2D eigenvalue weighted by Gasteiger charge is -2.45. The molecule has 0 spiro atoms. The number of likely N-dealkylation sites (N-methyl/N-ethyl adjacent to an activating group) is 1. The van der Waals surface area contributed by atoms with E-state index in [2.05, 4.69) is 17.7 Å². The number of quaternary nitrogens is 1. The molecule has 0 aromatic carbocycles. The molecule has 0 aromatic rings. The molecule has 13 heavy (non-hydrogen) atoms. The van der Waals surface area contributed by atoms with Crippen LogP contribution in [0.2, 0.25) is 0 Å². The normalized spacial score (nSPS) is 34.4. The van der Waals surface area contributed by atoms with Gasteiger partial charge >= 0.3 is 0 Å². The van der Waals surface area contributed by atoms with Crippen molar-refractivity contribution in [1.82, 2.24) is 10.6 Å². The first-order chi connectivity index (χ1) is 6.31. The molecule has 76 valence electrons. The van der Waals surface area contributed by atoms with Crippen LogP contribution in [0.25, 0.3) is 0 Å². The van der Waals surface area contributed by atoms with Gasteiger partial charge in [0.25, 0.3) is 0 Å². The Balaban J connectivity index is 1.94. The van der Waals surface area contributed by atoms with Crippen molar-refractivity contribution in [3.05, 3.63) is 0 Å². The van der Waals surface area contributed by atoms with Crippen LogP contribution in [0, 0.1) is 0 Å². The third kappa shape index (κ3) is 2.02. The topological polar surface area (TPSA) is 33.3 Å². The number of ether oxygens (including phenoxy) is 1. The fourth-order valence-electron chi connectivity index (χ4n) is 2.15. The van der Waals surface area contributed by atoms with Crippen LogP contribution in [0.3, 0.4) is 0 Å². The van der Waals surface area contributed by atoms with E-state index in [9.17, 15) is 0 Å². The summed E-state index contributed by atoms with van der Waals surface area (Å²) in [6.07, 6.45) is 0.371. The van der Waals surface area contributed by atoms with E-state index in [0.717, 1.165) is 37.3 Å². The van der Waals surface area contributed by atoms with Crippen molar-refractivity contribution in [1.29, 1.82) is 0 Å². The summed E-state index contributed by atoms with van der Waals surface area (Å²) in [4.78, 5) is 0. The first-order valence-electron chi connectivity index (χ1n) is 5.18. The maximum Gasteiger partial charge on any atom is 0.205 e. The zero-order valence-electron chi connectivity index (χ0n) is 8.38. The van der Waals surface area contributed by atoms with Gasteiger partial charge in [0.05, 0.1) is 33.3 Å². The van der Waals surface area contributed by atoms with Crippen LogP contribution in [0.5, 0.6) is 0 Å². The molecule has 0 amide bonds. The van der Waals surface area contributed by atoms with Gasteiger partial charge in [-0.05, 0) is 0 Å². The summed E-state index contributed by atoms with van der Waals surface area (Å²) in [6.45, 7) is 7.50. The number of morpholine rings is 1. The summed E-state index contributed by atoms with van der Waals surface area (Å²) in [5.74, 6) is 0. The van der Waals surface area contributed by atoms with E-state index >= 15 is 0 Å². The Kier molecular flexibility index (Phi) is 2.83. The van der Waals surface area contributed by atoms with Gasteiger partial charge < -0.3 is 15.4 Å². The van der Waals surface area contributed by atoms with E-state index in [4.69, 9.17) is 4.74 Å². The van der Waals surface area contributed by atoms with Gasteiger partial charge in [-0.25, -0.2) is 0 Å². The maximum atomic E-state index is 5.80. The molecule has 1 unspecified atom stereocenters. The van der Waals surface area contributed by atoms with E-state index in [1.165, 1.54) is 13.1 Å². The molecule has 2 fully saturated rings. The molecule has 2 aliphatic rings. The number of rotatable bonds is 1. The molecule has 4 nitrogen and oxygen atoms in total. The SMILES string of the molecule is C[N+]1(C2CNCCO2)CCNCC1. The number of hydrogen-bond donors (Lipinski definition) is 2. The van der Waals surface area contributed by atoms with E-state index < -0.39 is 0 Å². The molecule has 1 atom stereocenters. The van der Waals surface area contributed by atoms with E-state index in [1.807, 2.05) is 0 Å². The monoisotopic (exact) mass is 186 g/mol. The smallest absolute Gasteiger partial charge is 0.205 e. The van der Waals surface area contributed by atoms with Crippen molar-refractivity contribution in [3.63, 3.8) is 0 Å². The lowest BCUT2D eigenvalue weighted by Crippen LogP contribution is -2.65. The van der Waals surface area contributed by atoms with Gasteiger partial charge in [0, 0.05) is 19.6 Å². The van der Waals surface area contributed by atoms with Crippen LogP contribution in [-0.2, 0) is 4.74 Å². The van der Waals surface area contributed by atoms with Gasteiger partial charge in [0.15, 0.2) is 0 Å². The summed E-state index contributed by atoms with van der Waals surface area (Å²) < 4.78 is 6.87. The summed E-state index contributed by atoms with van der Waals surface area (Å²) in [7, 11) is 2.30. The molecule has 4 heteroatoms. The van der Waals surface area contributed by atoms with Gasteiger partial charge in [0.1, 0.15) is 0 Å². The van der Waals surface area contributed by atoms with E-state index in [1.54, 1.807) is 0 Å². The molecule has 2 N–H and O–H groups in total. The maximum absolute atomic E-state index is 5.80. The molecule has 2 rings (SSSR count). The second kappa shape index (κ2) is 3.92. The average Bonchev–Trinajstić information content (AvgIpc) is 2.20. The van der Waals surface area contributed by atoms with Gasteiger partial charge in [-0.2, -0.15) is 0 Å². The Labute approximate surface area is 79.8 Å². The Morgan fingerprint density at radius 3 is 2.54 bits per heavy atom. The zero-order valence-corrected chi connectivity index (χ0v) is 8.38. The number of hydrogen-bond acceptors (Lipinski definition) is 3. The van der Waals surface area contributed by atoms with Crippen molar-refractivity contribution >= 4 is 0 Å². The Morgan fingerprint density at radius 1 is 1.15 bits per heavy atom. The van der Waals surface area contributed by atoms with Gasteiger partial charge in [0.2, 0.25) is 6.23 Å². The fraction of sp³-hybridized carbons (Fsp3) is 1.00. The van der Waals surface area contributed by atoms with Crippen molar-refractivity contribution in [2.75, 3.05) is 52.9 Å². The highest BCUT2D eigenvalue weighted by atomic mass is 16.5. The van der Waals surface area contributed by atoms with Crippen LogP contribution in [0.4, 0.5) is 0 Å². The minimum Gasteiger partial charge on any atom is -0.327 e. The van der Waals surface area contributed by atoms with E-state index in [0.29, 0.717) is 6.23 Å². The first-order valence-corrected chi connectivity index (χ1v) is 5.18. The van der Waals surface area contributed by atoms with Crippen LogP contribution in [-0.4, -0.2) is 63.6 Å². The molecular weight excluding hydrogens is 166 g/mol. The number of nitrogens with zero attached hydrogens (tertiary/aromatic N) is 1. The standard InChI is InChI=1S/C9H20N3O/c1-12(5-2-10-3-6-12)9-8-11-4-7-13-9/h9-11H,2-8H2,1H3/q+1. The molecule has 0 bridgehead atoms. The summed E-state index contributed by atoms with van der Waals surface area (Å²) in [5, 5.41) is 6.78. The zero-order chi connectivity index (χ0) is 9.15. The third-order valence-electron chi connectivity index (χ3n) is 3.20.